The highest BCUT2D eigenvalue weighted by Gasteiger charge is 2.37. The number of benzene rings is 2. The van der Waals surface area contributed by atoms with E-state index in [2.05, 4.69) is 10.6 Å². The van der Waals surface area contributed by atoms with Crippen LogP contribution in [0.3, 0.4) is 0 Å². The molecule has 7 heteroatoms. The van der Waals surface area contributed by atoms with E-state index in [9.17, 15) is 14.4 Å². The molecule has 2 atom stereocenters. The van der Waals surface area contributed by atoms with Crippen LogP contribution in [0.1, 0.15) is 76.3 Å². The molecule has 37 heavy (non-hydrogen) atoms. The van der Waals surface area contributed by atoms with E-state index >= 15 is 0 Å². The number of ether oxygens (including phenoxy) is 1. The van der Waals surface area contributed by atoms with Gasteiger partial charge in [-0.1, -0.05) is 55.5 Å². The minimum absolute atomic E-state index is 0.0984. The summed E-state index contributed by atoms with van der Waals surface area (Å²) in [5, 5.41) is 5.79. The maximum Gasteiger partial charge on any atom is 0.408 e. The van der Waals surface area contributed by atoms with E-state index in [0.717, 1.165) is 22.3 Å². The highest BCUT2D eigenvalue weighted by atomic mass is 16.6. The molecule has 0 aliphatic heterocycles. The minimum atomic E-state index is -0.914. The zero-order valence-corrected chi connectivity index (χ0v) is 23.6. The molecule has 0 radical (unpaired) electrons. The quantitative estimate of drug-likeness (QED) is 0.458. The normalized spacial score (nSPS) is 13.0. The third-order valence-corrected chi connectivity index (χ3v) is 5.95. The molecular weight excluding hydrogens is 466 g/mol. The van der Waals surface area contributed by atoms with Crippen molar-refractivity contribution in [2.45, 2.75) is 92.0 Å². The van der Waals surface area contributed by atoms with E-state index in [1.165, 1.54) is 0 Å². The first-order chi connectivity index (χ1) is 17.3. The van der Waals surface area contributed by atoms with Crippen LogP contribution in [-0.4, -0.2) is 47.0 Å². The Morgan fingerprint density at radius 1 is 0.946 bits per heavy atom. The maximum absolute atomic E-state index is 14.2. The first-order valence-electron chi connectivity index (χ1n) is 13.0. The number of hydrogen-bond donors (Lipinski definition) is 2. The van der Waals surface area contributed by atoms with Gasteiger partial charge >= 0.3 is 6.09 Å². The zero-order valence-electron chi connectivity index (χ0n) is 23.6. The third kappa shape index (κ3) is 8.92. The van der Waals surface area contributed by atoms with E-state index in [0.29, 0.717) is 13.0 Å². The molecule has 2 aromatic carbocycles. The second-order valence-corrected chi connectivity index (χ2v) is 10.8. The van der Waals surface area contributed by atoms with Crippen molar-refractivity contribution >= 4 is 17.9 Å². The van der Waals surface area contributed by atoms with Gasteiger partial charge < -0.3 is 20.3 Å². The van der Waals surface area contributed by atoms with Crippen LogP contribution < -0.4 is 10.6 Å². The van der Waals surface area contributed by atoms with E-state index in [1.807, 2.05) is 83.1 Å². The first-order valence-corrected chi connectivity index (χ1v) is 13.0. The van der Waals surface area contributed by atoms with Crippen molar-refractivity contribution in [1.82, 2.24) is 15.5 Å². The summed E-state index contributed by atoms with van der Waals surface area (Å²) in [7, 11) is 0. The molecule has 2 N–H and O–H groups in total. The molecule has 0 fully saturated rings. The number of carbonyl (C=O) groups is 3. The highest BCUT2D eigenvalue weighted by Crippen LogP contribution is 2.28. The minimum Gasteiger partial charge on any atom is -0.444 e. The summed E-state index contributed by atoms with van der Waals surface area (Å²) >= 11 is 0. The Morgan fingerprint density at radius 3 is 2.16 bits per heavy atom. The number of amides is 3. The van der Waals surface area contributed by atoms with Gasteiger partial charge in [0.1, 0.15) is 17.7 Å². The van der Waals surface area contributed by atoms with Gasteiger partial charge in [-0.2, -0.15) is 0 Å². The van der Waals surface area contributed by atoms with Crippen LogP contribution in [0.4, 0.5) is 4.79 Å². The van der Waals surface area contributed by atoms with Crippen LogP contribution in [0, 0.1) is 13.8 Å². The van der Waals surface area contributed by atoms with Crippen molar-refractivity contribution in [3.05, 3.63) is 70.8 Å². The summed E-state index contributed by atoms with van der Waals surface area (Å²) < 4.78 is 5.48. The van der Waals surface area contributed by atoms with Crippen LogP contribution >= 0.6 is 0 Å². The largest absolute Gasteiger partial charge is 0.444 e. The molecule has 0 saturated heterocycles. The zero-order chi connectivity index (χ0) is 27.8. The van der Waals surface area contributed by atoms with Crippen LogP contribution in [-0.2, 0) is 20.7 Å². The van der Waals surface area contributed by atoms with Crippen molar-refractivity contribution in [3.63, 3.8) is 0 Å². The molecule has 0 heterocycles. The van der Waals surface area contributed by atoms with Gasteiger partial charge in [0.25, 0.3) is 0 Å². The van der Waals surface area contributed by atoms with Gasteiger partial charge in [0.15, 0.2) is 0 Å². The van der Waals surface area contributed by atoms with E-state index < -0.39 is 23.8 Å². The summed E-state index contributed by atoms with van der Waals surface area (Å²) in [6.45, 7) is 15.4. The predicted molar refractivity (Wildman–Crippen MR) is 147 cm³/mol. The SMILES string of the molecule is CCCN(C(=O)C(Cc1ccccc1)NC(=O)OC(C)(C)C)C(C(=O)NC(C)C)c1cccc(C)c1C. The Morgan fingerprint density at radius 2 is 1.59 bits per heavy atom. The van der Waals surface area contributed by atoms with Crippen LogP contribution in [0.5, 0.6) is 0 Å². The molecule has 0 bridgehead atoms. The molecule has 2 unspecified atom stereocenters. The molecule has 7 nitrogen and oxygen atoms in total. The molecular formula is C30H43N3O4. The van der Waals surface area contributed by atoms with Crippen LogP contribution in [0.2, 0.25) is 0 Å². The van der Waals surface area contributed by atoms with E-state index in [1.54, 1.807) is 25.7 Å². The average molecular weight is 510 g/mol. The van der Waals surface area contributed by atoms with Gasteiger partial charge in [-0.05, 0) is 77.1 Å². The van der Waals surface area contributed by atoms with Gasteiger partial charge in [-0.15, -0.1) is 0 Å². The number of aryl methyl sites for hydroxylation is 1. The number of nitrogens with one attached hydrogen (secondary N) is 2. The Bertz CT molecular complexity index is 1060. The number of nitrogens with zero attached hydrogens (tertiary/aromatic N) is 1. The molecule has 0 aromatic heterocycles. The fraction of sp³-hybridized carbons (Fsp3) is 0.500. The first kappa shape index (κ1) is 29.9. The fourth-order valence-electron chi connectivity index (χ4n) is 4.19. The smallest absolute Gasteiger partial charge is 0.408 e. The molecule has 2 rings (SSSR count). The standard InChI is InChI=1S/C30H43N3O4/c1-9-18-33(26(27(34)31-20(2)3)24-17-13-14-21(4)22(24)5)28(35)25(19-23-15-11-10-12-16-23)32-29(36)37-30(6,7)8/h10-17,20,25-26H,9,18-19H2,1-8H3,(H,31,34)(H,32,36). The van der Waals surface area contributed by atoms with Crippen molar-refractivity contribution in [2.75, 3.05) is 6.54 Å². The van der Waals surface area contributed by atoms with Crippen molar-refractivity contribution in [2.24, 2.45) is 0 Å². The third-order valence-electron chi connectivity index (χ3n) is 5.95. The number of carbonyl (C=O) groups excluding carboxylic acids is 3. The van der Waals surface area contributed by atoms with Crippen molar-refractivity contribution < 1.29 is 19.1 Å². The summed E-state index contributed by atoms with van der Waals surface area (Å²) in [6, 6.07) is 13.5. The van der Waals surface area contributed by atoms with Crippen LogP contribution in [0.25, 0.3) is 0 Å². The number of rotatable bonds is 10. The van der Waals surface area contributed by atoms with E-state index in [-0.39, 0.29) is 24.3 Å². The van der Waals surface area contributed by atoms with Gasteiger partial charge in [-0.3, -0.25) is 9.59 Å². The maximum atomic E-state index is 14.2. The molecule has 2 aromatic rings. The van der Waals surface area contributed by atoms with Crippen molar-refractivity contribution in [3.8, 4) is 0 Å². The second kappa shape index (κ2) is 13.3. The molecule has 0 spiro atoms. The monoisotopic (exact) mass is 509 g/mol. The predicted octanol–water partition coefficient (Wildman–Crippen LogP) is 5.24. The lowest BCUT2D eigenvalue weighted by atomic mass is 9.94. The lowest BCUT2D eigenvalue weighted by Crippen LogP contribution is -2.54. The fourth-order valence-corrected chi connectivity index (χ4v) is 4.19. The summed E-state index contributed by atoms with van der Waals surface area (Å²) in [5.41, 5.74) is 2.95. The Balaban J connectivity index is 2.56. The summed E-state index contributed by atoms with van der Waals surface area (Å²) in [4.78, 5) is 42.2. The lowest BCUT2D eigenvalue weighted by Gasteiger charge is -2.35. The molecule has 0 aliphatic carbocycles. The Labute approximate surface area is 222 Å². The Hall–Kier alpha value is -3.35. The van der Waals surface area contributed by atoms with Gasteiger partial charge in [-0.25, -0.2) is 4.79 Å². The summed E-state index contributed by atoms with van der Waals surface area (Å²) in [5.74, 6) is -0.581. The molecule has 0 saturated carbocycles. The summed E-state index contributed by atoms with van der Waals surface area (Å²) in [6.07, 6.45) is 0.241. The molecule has 0 aliphatic rings. The van der Waals surface area contributed by atoms with E-state index in [4.69, 9.17) is 4.74 Å². The van der Waals surface area contributed by atoms with Crippen molar-refractivity contribution in [1.29, 1.82) is 0 Å². The average Bonchev–Trinajstić information content (AvgIpc) is 2.79. The van der Waals surface area contributed by atoms with Crippen LogP contribution in [0.15, 0.2) is 48.5 Å². The van der Waals surface area contributed by atoms with Gasteiger partial charge in [0, 0.05) is 19.0 Å². The molecule has 3 amide bonds. The topological polar surface area (TPSA) is 87.7 Å². The number of hydrogen-bond acceptors (Lipinski definition) is 4. The van der Waals surface area contributed by atoms with Gasteiger partial charge in [0.2, 0.25) is 11.8 Å². The number of alkyl carbamates (subject to hydrolysis) is 1. The second-order valence-electron chi connectivity index (χ2n) is 10.8. The molecule has 202 valence electrons. The van der Waals surface area contributed by atoms with Gasteiger partial charge in [0.05, 0.1) is 0 Å². The lowest BCUT2D eigenvalue weighted by molar-refractivity contribution is -0.142. The Kier molecular flexibility index (Phi) is 10.7. The highest BCUT2D eigenvalue weighted by molar-refractivity contribution is 5.92.